The summed E-state index contributed by atoms with van der Waals surface area (Å²) in [6.45, 7) is 1.54. The Labute approximate surface area is 166 Å². The summed E-state index contributed by atoms with van der Waals surface area (Å²) in [4.78, 5) is 14.7. The number of benzene rings is 1. The van der Waals surface area contributed by atoms with Crippen molar-refractivity contribution in [3.05, 3.63) is 58.4 Å². The van der Waals surface area contributed by atoms with Crippen molar-refractivity contribution in [1.82, 2.24) is 9.47 Å². The van der Waals surface area contributed by atoms with Crippen molar-refractivity contribution in [3.8, 4) is 5.75 Å². The third kappa shape index (κ3) is 4.80. The molecule has 1 aromatic carbocycles. The lowest BCUT2D eigenvalue weighted by Crippen LogP contribution is -2.37. The van der Waals surface area contributed by atoms with E-state index in [-0.39, 0.29) is 18.4 Å². The highest BCUT2D eigenvalue weighted by Gasteiger charge is 2.31. The molecule has 0 radical (unpaired) electrons. The van der Waals surface area contributed by atoms with Crippen molar-refractivity contribution in [3.63, 3.8) is 0 Å². The van der Waals surface area contributed by atoms with Crippen LogP contribution in [0.25, 0.3) is 0 Å². The van der Waals surface area contributed by atoms with E-state index in [0.717, 1.165) is 12.3 Å². The van der Waals surface area contributed by atoms with E-state index >= 15 is 0 Å². The molecule has 150 valence electrons. The highest BCUT2D eigenvalue weighted by atomic mass is 32.1. The number of carbonyl (C=O) groups is 1. The number of hydrogen-bond donors (Lipinski definition) is 0. The van der Waals surface area contributed by atoms with Gasteiger partial charge in [-0.25, -0.2) is 0 Å². The smallest absolute Gasteiger partial charge is 0.417 e. The molecule has 0 unspecified atom stereocenters. The molecule has 2 aromatic rings. The first-order valence-electron chi connectivity index (χ1n) is 8.96. The first-order valence-corrected chi connectivity index (χ1v) is 9.37. The van der Waals surface area contributed by atoms with E-state index in [4.69, 9.17) is 17.0 Å². The minimum atomic E-state index is -4.40. The van der Waals surface area contributed by atoms with E-state index in [9.17, 15) is 18.0 Å². The Morgan fingerprint density at radius 2 is 1.79 bits per heavy atom. The van der Waals surface area contributed by atoms with Crippen LogP contribution in [0.4, 0.5) is 13.2 Å². The van der Waals surface area contributed by atoms with Crippen LogP contribution < -0.4 is 4.74 Å². The number of ketones is 1. The predicted molar refractivity (Wildman–Crippen MR) is 102 cm³/mol. The topological polar surface area (TPSA) is 34.5 Å². The third-order valence-corrected chi connectivity index (χ3v) is 5.37. The number of ether oxygens (including phenoxy) is 1. The second kappa shape index (κ2) is 8.45. The van der Waals surface area contributed by atoms with Gasteiger partial charge in [-0.2, -0.15) is 13.2 Å². The van der Waals surface area contributed by atoms with Crippen molar-refractivity contribution in [2.45, 2.75) is 25.7 Å². The summed E-state index contributed by atoms with van der Waals surface area (Å²) in [5.41, 5.74) is -0.0648. The quantitative estimate of drug-likeness (QED) is 0.524. The number of carbonyl (C=O) groups excluding carboxylic acids is 1. The normalized spacial score (nSPS) is 16.1. The Kier molecular flexibility index (Phi) is 6.20. The largest absolute Gasteiger partial charge is 0.497 e. The van der Waals surface area contributed by atoms with Crippen LogP contribution >= 0.6 is 12.2 Å². The van der Waals surface area contributed by atoms with Gasteiger partial charge in [0.25, 0.3) is 0 Å². The molecule has 0 bridgehead atoms. The van der Waals surface area contributed by atoms with E-state index in [1.807, 2.05) is 4.90 Å². The van der Waals surface area contributed by atoms with E-state index < -0.39 is 11.7 Å². The fourth-order valence-electron chi connectivity index (χ4n) is 3.35. The molecule has 3 rings (SSSR count). The summed E-state index contributed by atoms with van der Waals surface area (Å²) >= 11 is 5.16. The van der Waals surface area contributed by atoms with Crippen LogP contribution in [-0.2, 0) is 12.8 Å². The van der Waals surface area contributed by atoms with Gasteiger partial charge in [0.2, 0.25) is 0 Å². The summed E-state index contributed by atoms with van der Waals surface area (Å²) in [7, 11) is 1.57. The number of halogens is 3. The number of rotatable bonds is 5. The molecule has 1 aliphatic rings. The molecule has 1 saturated heterocycles. The lowest BCUT2D eigenvalue weighted by Gasteiger charge is -2.32. The molecule has 0 amide bonds. The summed E-state index contributed by atoms with van der Waals surface area (Å²) < 4.78 is 45.7. The van der Waals surface area contributed by atoms with Crippen LogP contribution in [0.5, 0.6) is 5.75 Å². The van der Waals surface area contributed by atoms with Crippen LogP contribution in [0.3, 0.4) is 0 Å². The maximum Gasteiger partial charge on any atom is 0.417 e. The van der Waals surface area contributed by atoms with Gasteiger partial charge in [-0.1, -0.05) is 12.2 Å². The number of hydrogen-bond acceptors (Lipinski definition) is 4. The number of aromatic nitrogens is 1. The maximum absolute atomic E-state index is 12.9. The number of likely N-dealkylation sites (tertiary alicyclic amines) is 1. The van der Waals surface area contributed by atoms with Crippen molar-refractivity contribution in [1.29, 1.82) is 0 Å². The average molecular weight is 410 g/mol. The van der Waals surface area contributed by atoms with E-state index in [1.54, 1.807) is 31.4 Å². The Morgan fingerprint density at radius 1 is 1.14 bits per heavy atom. The Bertz CT molecular complexity index is 886. The molecule has 1 aliphatic heterocycles. The van der Waals surface area contributed by atoms with Gasteiger partial charge in [-0.3, -0.25) is 9.69 Å². The van der Waals surface area contributed by atoms with Crippen LogP contribution in [0.2, 0.25) is 0 Å². The summed E-state index contributed by atoms with van der Waals surface area (Å²) in [5.74, 6) is 0.710. The number of nitrogens with zero attached hydrogens (tertiary/aromatic N) is 2. The fraction of sp³-hybridized carbons (Fsp3) is 0.400. The molecule has 4 nitrogen and oxygen atoms in total. The van der Waals surface area contributed by atoms with Crippen LogP contribution in [0, 0.1) is 10.6 Å². The first-order chi connectivity index (χ1) is 13.3. The van der Waals surface area contributed by atoms with Gasteiger partial charge >= 0.3 is 6.18 Å². The second-order valence-electron chi connectivity index (χ2n) is 6.85. The minimum absolute atomic E-state index is 0.0841. The number of piperidine rings is 1. The number of methoxy groups -OCH3 is 1. The number of alkyl halides is 3. The Morgan fingerprint density at radius 3 is 2.36 bits per heavy atom. The van der Waals surface area contributed by atoms with Gasteiger partial charge in [-0.15, -0.1) is 0 Å². The zero-order valence-electron chi connectivity index (χ0n) is 15.4. The SMILES string of the molecule is COc1ccc(C(=O)C2CCN(Cn3cc(C(F)(F)F)ccc3=S)CC2)cc1. The zero-order valence-corrected chi connectivity index (χ0v) is 16.2. The van der Waals surface area contributed by atoms with Crippen molar-refractivity contribution in [2.75, 3.05) is 20.2 Å². The third-order valence-electron chi connectivity index (χ3n) is 5.00. The molecule has 0 atom stereocenters. The highest BCUT2D eigenvalue weighted by molar-refractivity contribution is 7.71. The molecule has 8 heteroatoms. The predicted octanol–water partition coefficient (Wildman–Crippen LogP) is 4.80. The van der Waals surface area contributed by atoms with Gasteiger partial charge in [-0.05, 0) is 49.2 Å². The van der Waals surface area contributed by atoms with Crippen molar-refractivity contribution < 1.29 is 22.7 Å². The minimum Gasteiger partial charge on any atom is -0.497 e. The van der Waals surface area contributed by atoms with E-state index in [1.165, 1.54) is 10.6 Å². The van der Waals surface area contributed by atoms with Crippen molar-refractivity contribution in [2.24, 2.45) is 5.92 Å². The summed E-state index contributed by atoms with van der Waals surface area (Å²) in [6.07, 6.45) is -2.02. The highest BCUT2D eigenvalue weighted by Crippen LogP contribution is 2.29. The van der Waals surface area contributed by atoms with Gasteiger partial charge < -0.3 is 9.30 Å². The van der Waals surface area contributed by atoms with Crippen LogP contribution in [-0.4, -0.2) is 35.4 Å². The van der Waals surface area contributed by atoms with Crippen molar-refractivity contribution >= 4 is 18.0 Å². The lowest BCUT2D eigenvalue weighted by atomic mass is 9.89. The van der Waals surface area contributed by atoms with Gasteiger partial charge in [0.1, 0.15) is 10.4 Å². The Hall–Kier alpha value is -2.19. The zero-order chi connectivity index (χ0) is 20.3. The monoisotopic (exact) mass is 410 g/mol. The molecular formula is C20H21F3N2O2S. The van der Waals surface area contributed by atoms with Crippen LogP contribution in [0.1, 0.15) is 28.8 Å². The Balaban J connectivity index is 1.61. The molecule has 28 heavy (non-hydrogen) atoms. The molecule has 0 aliphatic carbocycles. The number of pyridine rings is 1. The van der Waals surface area contributed by atoms with Gasteiger partial charge in [0, 0.05) is 30.8 Å². The summed E-state index contributed by atoms with van der Waals surface area (Å²) in [6, 6.07) is 9.34. The first kappa shape index (κ1) is 20.5. The lowest BCUT2D eigenvalue weighted by molar-refractivity contribution is -0.138. The molecule has 0 N–H and O–H groups in total. The van der Waals surface area contributed by atoms with Gasteiger partial charge in [0.05, 0.1) is 19.3 Å². The molecule has 1 aromatic heterocycles. The molecule has 0 spiro atoms. The standard InChI is InChI=1S/C20H21F3N2O2S/c1-27-17-5-2-14(3-6-17)19(26)15-8-10-24(11-9-15)13-25-12-16(20(21,22)23)4-7-18(25)28/h2-7,12,15H,8-11,13H2,1H3. The maximum atomic E-state index is 12.9. The average Bonchev–Trinajstić information content (AvgIpc) is 2.69. The number of Topliss-reactive ketones (excluding diaryl/α,β-unsaturated/α-hetero) is 1. The van der Waals surface area contributed by atoms with E-state index in [0.29, 0.717) is 41.9 Å². The second-order valence-corrected chi connectivity index (χ2v) is 7.27. The van der Waals surface area contributed by atoms with Gasteiger partial charge in [0.15, 0.2) is 5.78 Å². The molecule has 2 heterocycles. The van der Waals surface area contributed by atoms with E-state index in [2.05, 4.69) is 0 Å². The fourth-order valence-corrected chi connectivity index (χ4v) is 3.53. The summed E-state index contributed by atoms with van der Waals surface area (Å²) in [5, 5.41) is 0. The molecular weight excluding hydrogens is 389 g/mol. The molecule has 1 fully saturated rings. The van der Waals surface area contributed by atoms with Crippen LogP contribution in [0.15, 0.2) is 42.6 Å². The molecule has 0 saturated carbocycles.